The van der Waals surface area contributed by atoms with Gasteiger partial charge in [-0.25, -0.2) is 8.78 Å². The molecule has 100 valence electrons. The molecule has 2 aromatic rings. The molecule has 0 unspecified atom stereocenters. The van der Waals surface area contributed by atoms with E-state index >= 15 is 0 Å². The van der Waals surface area contributed by atoms with Crippen molar-refractivity contribution in [1.29, 1.82) is 0 Å². The molecule has 0 spiro atoms. The average molecular weight is 329 g/mol. The molecule has 2 rings (SSSR count). The summed E-state index contributed by atoms with van der Waals surface area (Å²) in [5.74, 6) is -1.16. The van der Waals surface area contributed by atoms with E-state index in [-0.39, 0.29) is 19.0 Å². The molecule has 0 aliphatic carbocycles. The predicted molar refractivity (Wildman–Crippen MR) is 71.5 cm³/mol. The topological polar surface area (TPSA) is 18.5 Å². The Morgan fingerprint density at radius 1 is 0.895 bits per heavy atom. The van der Waals surface area contributed by atoms with Gasteiger partial charge in [0, 0.05) is 4.47 Å². The first-order valence-electron chi connectivity index (χ1n) is 5.62. The van der Waals surface area contributed by atoms with Crippen molar-refractivity contribution < 1.29 is 18.3 Å². The minimum atomic E-state index is -0.720. The van der Waals surface area contributed by atoms with Gasteiger partial charge in [0.25, 0.3) is 0 Å². The number of hydrogen-bond acceptors (Lipinski definition) is 2. The molecule has 19 heavy (non-hydrogen) atoms. The van der Waals surface area contributed by atoms with Gasteiger partial charge in [0.1, 0.15) is 19.0 Å². The van der Waals surface area contributed by atoms with E-state index in [4.69, 9.17) is 9.47 Å². The van der Waals surface area contributed by atoms with Crippen LogP contribution in [0.15, 0.2) is 46.9 Å². The second-order valence-electron chi connectivity index (χ2n) is 3.71. The molecule has 5 heteroatoms. The Labute approximate surface area is 118 Å². The third-order valence-corrected chi connectivity index (χ3v) is 2.81. The lowest BCUT2D eigenvalue weighted by molar-refractivity contribution is 0.205. The summed E-state index contributed by atoms with van der Waals surface area (Å²) in [5, 5.41) is 0. The van der Waals surface area contributed by atoms with E-state index < -0.39 is 11.6 Å². The zero-order valence-corrected chi connectivity index (χ0v) is 11.5. The van der Waals surface area contributed by atoms with Crippen LogP contribution in [0.2, 0.25) is 0 Å². The fourth-order valence-electron chi connectivity index (χ4n) is 1.48. The first-order valence-corrected chi connectivity index (χ1v) is 6.41. The van der Waals surface area contributed by atoms with Crippen LogP contribution >= 0.6 is 15.9 Å². The molecule has 0 saturated carbocycles. The molecule has 0 aromatic heterocycles. The molecule has 0 amide bonds. The third-order valence-electron chi connectivity index (χ3n) is 2.31. The van der Waals surface area contributed by atoms with E-state index in [0.29, 0.717) is 5.75 Å². The van der Waals surface area contributed by atoms with Crippen LogP contribution < -0.4 is 9.47 Å². The van der Waals surface area contributed by atoms with Crippen molar-refractivity contribution in [2.75, 3.05) is 13.2 Å². The molecular weight excluding hydrogens is 318 g/mol. The van der Waals surface area contributed by atoms with Crippen LogP contribution in [0.25, 0.3) is 0 Å². The van der Waals surface area contributed by atoms with Gasteiger partial charge in [-0.3, -0.25) is 0 Å². The molecular formula is C14H11BrF2O2. The zero-order valence-electron chi connectivity index (χ0n) is 9.91. The summed E-state index contributed by atoms with van der Waals surface area (Å²) in [6.07, 6.45) is 0. The van der Waals surface area contributed by atoms with Crippen molar-refractivity contribution in [3.8, 4) is 11.5 Å². The van der Waals surface area contributed by atoms with Gasteiger partial charge in [-0.05, 0) is 30.3 Å². The van der Waals surface area contributed by atoms with Gasteiger partial charge in [0.2, 0.25) is 0 Å². The van der Waals surface area contributed by atoms with Crippen LogP contribution in [-0.4, -0.2) is 13.2 Å². The Kier molecular flexibility index (Phi) is 4.74. The first-order chi connectivity index (χ1) is 9.16. The smallest absolute Gasteiger partial charge is 0.190 e. The third kappa shape index (κ3) is 3.92. The van der Waals surface area contributed by atoms with Crippen LogP contribution in [0.3, 0.4) is 0 Å². The molecule has 0 bridgehead atoms. The van der Waals surface area contributed by atoms with E-state index in [1.54, 1.807) is 12.1 Å². The molecule has 2 aromatic carbocycles. The largest absolute Gasteiger partial charge is 0.490 e. The van der Waals surface area contributed by atoms with Crippen molar-refractivity contribution in [3.63, 3.8) is 0 Å². The van der Waals surface area contributed by atoms with E-state index in [1.807, 2.05) is 12.1 Å². The first kappa shape index (κ1) is 13.8. The van der Waals surface area contributed by atoms with Gasteiger partial charge in [-0.1, -0.05) is 28.1 Å². The summed E-state index contributed by atoms with van der Waals surface area (Å²) >= 11 is 3.32. The molecule has 2 nitrogen and oxygen atoms in total. The molecule has 0 saturated heterocycles. The Balaban J connectivity index is 1.84. The summed E-state index contributed by atoms with van der Waals surface area (Å²) in [7, 11) is 0. The number of rotatable bonds is 5. The number of benzene rings is 2. The number of para-hydroxylation sites is 1. The summed E-state index contributed by atoms with van der Waals surface area (Å²) in [6, 6.07) is 10.9. The quantitative estimate of drug-likeness (QED) is 0.766. The maximum absolute atomic E-state index is 13.2. The fourth-order valence-corrected chi connectivity index (χ4v) is 1.86. The SMILES string of the molecule is Fc1cccc(F)c1OCCOc1cccc(Br)c1. The van der Waals surface area contributed by atoms with Gasteiger partial charge in [0.05, 0.1) is 0 Å². The molecule has 0 aliphatic heterocycles. The number of hydrogen-bond donors (Lipinski definition) is 0. The summed E-state index contributed by atoms with van der Waals surface area (Å²) in [6.45, 7) is 0.259. The minimum absolute atomic E-state index is 0.0599. The van der Waals surface area contributed by atoms with E-state index in [0.717, 1.165) is 16.6 Å². The predicted octanol–water partition coefficient (Wildman–Crippen LogP) is 4.19. The number of halogens is 3. The van der Waals surface area contributed by atoms with E-state index in [2.05, 4.69) is 15.9 Å². The van der Waals surface area contributed by atoms with Gasteiger partial charge in [-0.2, -0.15) is 0 Å². The lowest BCUT2D eigenvalue weighted by atomic mass is 10.3. The van der Waals surface area contributed by atoms with E-state index in [9.17, 15) is 8.78 Å². The van der Waals surface area contributed by atoms with Crippen LogP contribution in [0.4, 0.5) is 8.78 Å². The second kappa shape index (κ2) is 6.52. The van der Waals surface area contributed by atoms with Crippen molar-refractivity contribution in [1.82, 2.24) is 0 Å². The van der Waals surface area contributed by atoms with E-state index in [1.165, 1.54) is 6.07 Å². The number of ether oxygens (including phenoxy) is 2. The minimum Gasteiger partial charge on any atom is -0.490 e. The molecule has 0 N–H and O–H groups in total. The molecule has 0 radical (unpaired) electrons. The van der Waals surface area contributed by atoms with Crippen LogP contribution in [0.5, 0.6) is 11.5 Å². The van der Waals surface area contributed by atoms with Crippen LogP contribution in [0, 0.1) is 11.6 Å². The van der Waals surface area contributed by atoms with Crippen LogP contribution in [0.1, 0.15) is 0 Å². The summed E-state index contributed by atoms with van der Waals surface area (Å²) < 4.78 is 37.8. The lowest BCUT2D eigenvalue weighted by Gasteiger charge is -2.09. The molecule has 0 fully saturated rings. The lowest BCUT2D eigenvalue weighted by Crippen LogP contribution is -2.10. The van der Waals surface area contributed by atoms with Gasteiger partial charge in [-0.15, -0.1) is 0 Å². The standard InChI is InChI=1S/C14H11BrF2O2/c15-10-3-1-4-11(9-10)18-7-8-19-14-12(16)5-2-6-13(14)17/h1-6,9H,7-8H2. The van der Waals surface area contributed by atoms with Gasteiger partial charge in [0.15, 0.2) is 17.4 Å². The maximum atomic E-state index is 13.2. The van der Waals surface area contributed by atoms with Crippen molar-refractivity contribution in [3.05, 3.63) is 58.6 Å². The highest BCUT2D eigenvalue weighted by molar-refractivity contribution is 9.10. The maximum Gasteiger partial charge on any atom is 0.190 e. The summed E-state index contributed by atoms with van der Waals surface area (Å²) in [4.78, 5) is 0. The summed E-state index contributed by atoms with van der Waals surface area (Å²) in [5.41, 5.74) is 0. The monoisotopic (exact) mass is 328 g/mol. The highest BCUT2D eigenvalue weighted by atomic mass is 79.9. The highest BCUT2D eigenvalue weighted by Gasteiger charge is 2.09. The van der Waals surface area contributed by atoms with Gasteiger partial charge < -0.3 is 9.47 Å². The normalized spacial score (nSPS) is 10.3. The molecule has 0 atom stereocenters. The molecule has 0 aliphatic rings. The molecule has 0 heterocycles. The Morgan fingerprint density at radius 2 is 1.53 bits per heavy atom. The Hall–Kier alpha value is -1.62. The van der Waals surface area contributed by atoms with Crippen molar-refractivity contribution in [2.24, 2.45) is 0 Å². The van der Waals surface area contributed by atoms with Crippen LogP contribution in [-0.2, 0) is 0 Å². The Bertz CT molecular complexity index is 541. The average Bonchev–Trinajstić information content (AvgIpc) is 2.37. The highest BCUT2D eigenvalue weighted by Crippen LogP contribution is 2.21. The van der Waals surface area contributed by atoms with Crippen molar-refractivity contribution >= 4 is 15.9 Å². The second-order valence-corrected chi connectivity index (χ2v) is 4.62. The van der Waals surface area contributed by atoms with Crippen molar-refractivity contribution in [2.45, 2.75) is 0 Å². The Morgan fingerprint density at radius 3 is 2.21 bits per heavy atom. The fraction of sp³-hybridized carbons (Fsp3) is 0.143. The zero-order chi connectivity index (χ0) is 13.7. The van der Waals surface area contributed by atoms with Gasteiger partial charge >= 0.3 is 0 Å².